The zero-order chi connectivity index (χ0) is 16.4. The van der Waals surface area contributed by atoms with Crippen molar-refractivity contribution in [2.75, 3.05) is 19.6 Å². The van der Waals surface area contributed by atoms with Crippen LogP contribution in [-0.4, -0.2) is 43.8 Å². The summed E-state index contributed by atoms with van der Waals surface area (Å²) in [6.45, 7) is 4.73. The topological polar surface area (TPSA) is 79.4 Å². The normalized spacial score (nSPS) is 18.4. The molecule has 0 bridgehead atoms. The van der Waals surface area contributed by atoms with Crippen LogP contribution in [0.5, 0.6) is 0 Å². The first kappa shape index (κ1) is 16.1. The summed E-state index contributed by atoms with van der Waals surface area (Å²) in [6.07, 6.45) is 0.774. The Morgan fingerprint density at radius 1 is 1.48 bits per heavy atom. The highest BCUT2D eigenvalue weighted by Crippen LogP contribution is 2.25. The number of fused-ring (bicyclic) bond motifs is 1. The Labute approximate surface area is 138 Å². The van der Waals surface area contributed by atoms with Crippen LogP contribution in [0, 0.1) is 5.92 Å². The van der Waals surface area contributed by atoms with Crippen LogP contribution in [0.15, 0.2) is 36.3 Å². The van der Waals surface area contributed by atoms with Crippen molar-refractivity contribution in [1.82, 2.24) is 14.6 Å². The fourth-order valence-corrected chi connectivity index (χ4v) is 4.10. The molecule has 2 heterocycles. The van der Waals surface area contributed by atoms with Crippen LogP contribution in [-0.2, 0) is 10.0 Å². The maximum atomic E-state index is 12.5. The van der Waals surface area contributed by atoms with E-state index in [0.29, 0.717) is 24.6 Å². The molecule has 1 N–H and O–H groups in total. The van der Waals surface area contributed by atoms with Crippen LogP contribution >= 0.6 is 11.3 Å². The van der Waals surface area contributed by atoms with E-state index in [-0.39, 0.29) is 11.8 Å². The Bertz CT molecular complexity index is 812. The molecule has 2 aromatic rings. The third kappa shape index (κ3) is 3.60. The standard InChI is InChI=1S/C15H17N3O3S2/c1-2-23(20,21)16-9-11-7-8-18(10-11)15(19)14-17-12-5-3-4-6-13(12)22-14/h2-6,11,16H,1,7-10H2. The van der Waals surface area contributed by atoms with Gasteiger partial charge >= 0.3 is 0 Å². The van der Waals surface area contributed by atoms with Crippen molar-refractivity contribution >= 4 is 37.5 Å². The molecule has 23 heavy (non-hydrogen) atoms. The molecule has 0 aliphatic carbocycles. The van der Waals surface area contributed by atoms with Crippen molar-refractivity contribution in [2.24, 2.45) is 5.92 Å². The lowest BCUT2D eigenvalue weighted by atomic mass is 10.1. The van der Waals surface area contributed by atoms with Gasteiger partial charge in [0.2, 0.25) is 10.0 Å². The van der Waals surface area contributed by atoms with Gasteiger partial charge in [0, 0.05) is 25.0 Å². The number of aromatic nitrogens is 1. The lowest BCUT2D eigenvalue weighted by molar-refractivity contribution is 0.0787. The monoisotopic (exact) mass is 351 g/mol. The van der Waals surface area contributed by atoms with Crippen LogP contribution in [0.3, 0.4) is 0 Å². The Hall–Kier alpha value is -1.77. The molecule has 1 fully saturated rings. The molecule has 0 saturated carbocycles. The SMILES string of the molecule is C=CS(=O)(=O)NCC1CCN(C(=O)c2nc3ccccc3s2)C1. The molecule has 0 radical (unpaired) electrons. The largest absolute Gasteiger partial charge is 0.336 e. The van der Waals surface area contributed by atoms with E-state index >= 15 is 0 Å². The van der Waals surface area contributed by atoms with Gasteiger partial charge in [0.15, 0.2) is 5.01 Å². The van der Waals surface area contributed by atoms with Crippen molar-refractivity contribution in [3.8, 4) is 0 Å². The zero-order valence-corrected chi connectivity index (χ0v) is 14.1. The molecule has 0 spiro atoms. The number of sulfonamides is 1. The molecule has 1 amide bonds. The number of carbonyl (C=O) groups is 1. The summed E-state index contributed by atoms with van der Waals surface area (Å²) < 4.78 is 26.2. The molecular weight excluding hydrogens is 334 g/mol. The van der Waals surface area contributed by atoms with Crippen LogP contribution in [0.2, 0.25) is 0 Å². The molecular formula is C15H17N3O3S2. The lowest BCUT2D eigenvalue weighted by Gasteiger charge is -2.15. The Balaban J connectivity index is 1.64. The van der Waals surface area contributed by atoms with E-state index in [1.165, 1.54) is 11.3 Å². The summed E-state index contributed by atoms with van der Waals surface area (Å²) in [5.41, 5.74) is 0.829. The van der Waals surface area contributed by atoms with Crippen molar-refractivity contribution in [1.29, 1.82) is 0 Å². The first-order valence-corrected chi connectivity index (χ1v) is 9.62. The third-order valence-corrected chi connectivity index (χ3v) is 5.87. The van der Waals surface area contributed by atoms with Gasteiger partial charge < -0.3 is 4.90 Å². The van der Waals surface area contributed by atoms with Crippen molar-refractivity contribution in [3.05, 3.63) is 41.3 Å². The smallest absolute Gasteiger partial charge is 0.282 e. The number of para-hydroxylation sites is 1. The van der Waals surface area contributed by atoms with Gasteiger partial charge in [0.1, 0.15) is 0 Å². The van der Waals surface area contributed by atoms with Gasteiger partial charge in [-0.3, -0.25) is 4.79 Å². The highest BCUT2D eigenvalue weighted by molar-refractivity contribution is 7.92. The predicted molar refractivity (Wildman–Crippen MR) is 90.8 cm³/mol. The van der Waals surface area contributed by atoms with Gasteiger partial charge in [-0.05, 0) is 24.5 Å². The number of carbonyl (C=O) groups excluding carboxylic acids is 1. The minimum Gasteiger partial charge on any atom is -0.336 e. The van der Waals surface area contributed by atoms with E-state index in [1.54, 1.807) is 4.90 Å². The Morgan fingerprint density at radius 2 is 2.26 bits per heavy atom. The molecule has 1 aliphatic heterocycles. The molecule has 1 atom stereocenters. The second-order valence-corrected chi connectivity index (χ2v) is 8.20. The van der Waals surface area contributed by atoms with Gasteiger partial charge in [-0.25, -0.2) is 18.1 Å². The molecule has 3 rings (SSSR count). The highest BCUT2D eigenvalue weighted by Gasteiger charge is 2.29. The number of rotatable bonds is 5. The number of thiazole rings is 1. The van der Waals surface area contributed by atoms with Gasteiger partial charge in [0.05, 0.1) is 10.2 Å². The van der Waals surface area contributed by atoms with Gasteiger partial charge in [-0.15, -0.1) is 11.3 Å². The fourth-order valence-electron chi connectivity index (χ4n) is 2.58. The van der Waals surface area contributed by atoms with E-state index < -0.39 is 10.0 Å². The summed E-state index contributed by atoms with van der Waals surface area (Å²) in [7, 11) is -3.41. The predicted octanol–water partition coefficient (Wildman–Crippen LogP) is 1.82. The minimum atomic E-state index is -3.41. The Morgan fingerprint density at radius 3 is 3.00 bits per heavy atom. The summed E-state index contributed by atoms with van der Waals surface area (Å²) in [4.78, 5) is 18.7. The first-order valence-electron chi connectivity index (χ1n) is 7.25. The van der Waals surface area contributed by atoms with Crippen LogP contribution in [0.1, 0.15) is 16.2 Å². The second-order valence-electron chi connectivity index (χ2n) is 5.45. The van der Waals surface area contributed by atoms with Crippen molar-refractivity contribution in [2.45, 2.75) is 6.42 Å². The summed E-state index contributed by atoms with van der Waals surface area (Å²) in [5.74, 6) is 0.0309. The van der Waals surface area contributed by atoms with Crippen LogP contribution in [0.25, 0.3) is 10.2 Å². The molecule has 1 saturated heterocycles. The molecule has 1 unspecified atom stereocenters. The first-order chi connectivity index (χ1) is 11.0. The van der Waals surface area contributed by atoms with Gasteiger partial charge in [0.25, 0.3) is 5.91 Å². The number of amides is 1. The van der Waals surface area contributed by atoms with Crippen molar-refractivity contribution < 1.29 is 13.2 Å². The number of hydrogen-bond donors (Lipinski definition) is 1. The zero-order valence-electron chi connectivity index (χ0n) is 12.4. The number of benzene rings is 1. The van der Waals surface area contributed by atoms with Crippen LogP contribution in [0.4, 0.5) is 0 Å². The minimum absolute atomic E-state index is 0.0831. The number of nitrogens with zero attached hydrogens (tertiary/aromatic N) is 2. The van der Waals surface area contributed by atoms with E-state index in [1.807, 2.05) is 24.3 Å². The molecule has 1 aromatic heterocycles. The molecule has 122 valence electrons. The lowest BCUT2D eigenvalue weighted by Crippen LogP contribution is -2.32. The third-order valence-electron chi connectivity index (χ3n) is 3.84. The number of hydrogen-bond acceptors (Lipinski definition) is 5. The van der Waals surface area contributed by atoms with Gasteiger partial charge in [-0.2, -0.15) is 0 Å². The number of likely N-dealkylation sites (tertiary alicyclic amines) is 1. The Kier molecular flexibility index (Phi) is 4.47. The van der Waals surface area contributed by atoms with Crippen molar-refractivity contribution in [3.63, 3.8) is 0 Å². The fraction of sp³-hybridized carbons (Fsp3) is 0.333. The summed E-state index contributed by atoms with van der Waals surface area (Å²) >= 11 is 1.39. The van der Waals surface area contributed by atoms with E-state index in [2.05, 4.69) is 16.3 Å². The maximum Gasteiger partial charge on any atom is 0.282 e. The average molecular weight is 351 g/mol. The quantitative estimate of drug-likeness (QED) is 0.891. The van der Waals surface area contributed by atoms with E-state index in [4.69, 9.17) is 0 Å². The highest BCUT2D eigenvalue weighted by atomic mass is 32.2. The number of nitrogens with one attached hydrogen (secondary N) is 1. The van der Waals surface area contributed by atoms with Gasteiger partial charge in [-0.1, -0.05) is 18.7 Å². The summed E-state index contributed by atoms with van der Waals surface area (Å²) in [5, 5.41) is 1.38. The molecule has 8 heteroatoms. The second kappa shape index (κ2) is 6.38. The maximum absolute atomic E-state index is 12.5. The molecule has 1 aliphatic rings. The summed E-state index contributed by atoms with van der Waals surface area (Å²) in [6, 6.07) is 7.65. The molecule has 1 aromatic carbocycles. The van der Waals surface area contributed by atoms with Crippen LogP contribution < -0.4 is 4.72 Å². The average Bonchev–Trinajstić information content (AvgIpc) is 3.19. The van der Waals surface area contributed by atoms with E-state index in [0.717, 1.165) is 22.0 Å². The van der Waals surface area contributed by atoms with E-state index in [9.17, 15) is 13.2 Å². The molecule has 6 nitrogen and oxygen atoms in total.